The second-order valence-corrected chi connectivity index (χ2v) is 6.61. The summed E-state index contributed by atoms with van der Waals surface area (Å²) in [7, 11) is 0. The third kappa shape index (κ3) is 3.78. The number of pyridine rings is 1. The molecule has 1 saturated carbocycles. The Morgan fingerprint density at radius 1 is 1.24 bits per heavy atom. The lowest BCUT2D eigenvalue weighted by molar-refractivity contribution is -0.137. The molecule has 0 bridgehead atoms. The Morgan fingerprint density at radius 3 is 2.56 bits per heavy atom. The van der Waals surface area contributed by atoms with Gasteiger partial charge in [0.15, 0.2) is 6.29 Å². The summed E-state index contributed by atoms with van der Waals surface area (Å²) in [6, 6.07) is 4.97. The molecule has 1 aromatic heterocycles. The molecule has 6 heteroatoms. The maximum absolute atomic E-state index is 12.9. The minimum Gasteiger partial charge on any atom is -0.356 e. The molecule has 25 heavy (non-hydrogen) atoms. The van der Waals surface area contributed by atoms with E-state index in [4.69, 9.17) is 0 Å². The molecular weight excluding hydrogens is 329 g/mol. The van der Waals surface area contributed by atoms with Crippen LogP contribution < -0.4 is 4.90 Å². The maximum atomic E-state index is 12.9. The summed E-state index contributed by atoms with van der Waals surface area (Å²) >= 11 is 0. The van der Waals surface area contributed by atoms with Crippen molar-refractivity contribution in [3.8, 4) is 0 Å². The summed E-state index contributed by atoms with van der Waals surface area (Å²) < 4.78 is 38.7. The normalized spacial score (nSPS) is 15.7. The van der Waals surface area contributed by atoms with E-state index in [1.807, 2.05) is 6.92 Å². The Bertz CT molecular complexity index is 767. The molecule has 0 N–H and O–H groups in total. The highest BCUT2D eigenvalue weighted by Crippen LogP contribution is 2.33. The molecule has 3 rings (SSSR count). The number of halogens is 3. The Labute approximate surface area is 144 Å². The van der Waals surface area contributed by atoms with E-state index in [1.54, 1.807) is 0 Å². The van der Waals surface area contributed by atoms with Crippen LogP contribution in [0.2, 0.25) is 0 Å². The number of hydrogen-bond acceptors (Lipinski definition) is 3. The molecule has 0 atom stereocenters. The van der Waals surface area contributed by atoms with Gasteiger partial charge in [0.1, 0.15) is 5.82 Å². The third-order valence-electron chi connectivity index (χ3n) is 4.91. The van der Waals surface area contributed by atoms with Gasteiger partial charge >= 0.3 is 6.18 Å². The van der Waals surface area contributed by atoms with Gasteiger partial charge in [-0.15, -0.1) is 0 Å². The SMILES string of the molecule is CCN(CC1CCCC1)c1nc2ccc(C(F)(F)F)cc2cc1C=O. The van der Waals surface area contributed by atoms with Crippen molar-refractivity contribution in [1.82, 2.24) is 4.98 Å². The van der Waals surface area contributed by atoms with Gasteiger partial charge in [-0.3, -0.25) is 4.79 Å². The third-order valence-corrected chi connectivity index (χ3v) is 4.91. The number of aldehydes is 1. The molecule has 1 heterocycles. The zero-order chi connectivity index (χ0) is 18.0. The highest BCUT2D eigenvalue weighted by Gasteiger charge is 2.30. The number of anilines is 1. The van der Waals surface area contributed by atoms with Crippen LogP contribution in [0.4, 0.5) is 19.0 Å². The van der Waals surface area contributed by atoms with Crippen LogP contribution in [0.1, 0.15) is 48.5 Å². The lowest BCUT2D eigenvalue weighted by atomic mass is 10.1. The number of alkyl halides is 3. The Morgan fingerprint density at radius 2 is 1.96 bits per heavy atom. The number of carbonyl (C=O) groups excluding carboxylic acids is 1. The van der Waals surface area contributed by atoms with Crippen LogP contribution in [0.3, 0.4) is 0 Å². The first-order valence-corrected chi connectivity index (χ1v) is 8.64. The van der Waals surface area contributed by atoms with Gasteiger partial charge in [0, 0.05) is 18.5 Å². The van der Waals surface area contributed by atoms with Crippen LogP contribution in [0, 0.1) is 5.92 Å². The highest BCUT2D eigenvalue weighted by molar-refractivity contribution is 5.92. The van der Waals surface area contributed by atoms with E-state index in [-0.39, 0.29) is 0 Å². The minimum atomic E-state index is -4.41. The van der Waals surface area contributed by atoms with E-state index in [1.165, 1.54) is 37.8 Å². The van der Waals surface area contributed by atoms with Crippen molar-refractivity contribution < 1.29 is 18.0 Å². The Balaban J connectivity index is 2.00. The summed E-state index contributed by atoms with van der Waals surface area (Å²) in [6.07, 6.45) is 1.08. The van der Waals surface area contributed by atoms with Gasteiger partial charge in [-0.1, -0.05) is 12.8 Å². The second kappa shape index (κ2) is 7.02. The minimum absolute atomic E-state index is 0.331. The molecule has 0 amide bonds. The smallest absolute Gasteiger partial charge is 0.356 e. The van der Waals surface area contributed by atoms with Gasteiger partial charge in [0.25, 0.3) is 0 Å². The van der Waals surface area contributed by atoms with Crippen molar-refractivity contribution in [3.05, 3.63) is 35.4 Å². The molecule has 1 aliphatic carbocycles. The van der Waals surface area contributed by atoms with E-state index >= 15 is 0 Å². The number of fused-ring (bicyclic) bond motifs is 1. The zero-order valence-corrected chi connectivity index (χ0v) is 14.1. The molecular formula is C19H21F3N2O. The molecule has 1 aromatic carbocycles. The van der Waals surface area contributed by atoms with Gasteiger partial charge in [-0.25, -0.2) is 4.98 Å². The monoisotopic (exact) mass is 350 g/mol. The first-order valence-electron chi connectivity index (χ1n) is 8.64. The summed E-state index contributed by atoms with van der Waals surface area (Å²) in [4.78, 5) is 18.1. The summed E-state index contributed by atoms with van der Waals surface area (Å²) in [5, 5.41) is 0.331. The number of hydrogen-bond donors (Lipinski definition) is 0. The molecule has 3 nitrogen and oxygen atoms in total. The Kier molecular flexibility index (Phi) is 4.97. The quantitative estimate of drug-likeness (QED) is 0.705. The molecule has 0 radical (unpaired) electrons. The van der Waals surface area contributed by atoms with Crippen molar-refractivity contribution in [2.24, 2.45) is 5.92 Å². The number of aromatic nitrogens is 1. The van der Waals surface area contributed by atoms with E-state index in [2.05, 4.69) is 9.88 Å². The molecule has 134 valence electrons. The van der Waals surface area contributed by atoms with E-state index < -0.39 is 11.7 Å². The molecule has 0 unspecified atom stereocenters. The summed E-state index contributed by atoms with van der Waals surface area (Å²) in [5.74, 6) is 1.15. The number of rotatable bonds is 5. The molecule has 1 fully saturated rings. The first-order chi connectivity index (χ1) is 11.9. The second-order valence-electron chi connectivity index (χ2n) is 6.61. The van der Waals surface area contributed by atoms with Gasteiger partial charge in [0.05, 0.1) is 16.6 Å². The van der Waals surface area contributed by atoms with Crippen molar-refractivity contribution >= 4 is 23.0 Å². The molecule has 1 aliphatic rings. The van der Waals surface area contributed by atoms with Gasteiger partial charge in [-0.2, -0.15) is 13.2 Å². The fourth-order valence-corrected chi connectivity index (χ4v) is 3.57. The molecule has 0 aliphatic heterocycles. The number of carbonyl (C=O) groups is 1. The Hall–Kier alpha value is -2.11. The summed E-state index contributed by atoms with van der Waals surface area (Å²) in [5.41, 5.74) is 0.0786. The number of nitrogens with zero attached hydrogens (tertiary/aromatic N) is 2. The van der Waals surface area contributed by atoms with Crippen LogP contribution in [-0.4, -0.2) is 24.4 Å². The van der Waals surface area contributed by atoms with Crippen LogP contribution in [0.15, 0.2) is 24.3 Å². The molecule has 2 aromatic rings. The highest BCUT2D eigenvalue weighted by atomic mass is 19.4. The van der Waals surface area contributed by atoms with Crippen molar-refractivity contribution in [2.45, 2.75) is 38.8 Å². The largest absolute Gasteiger partial charge is 0.416 e. The van der Waals surface area contributed by atoms with Crippen molar-refractivity contribution in [2.75, 3.05) is 18.0 Å². The van der Waals surface area contributed by atoms with Gasteiger partial charge in [0.2, 0.25) is 0 Å². The van der Waals surface area contributed by atoms with Gasteiger partial charge < -0.3 is 4.90 Å². The predicted octanol–water partition coefficient (Wildman–Crippen LogP) is 5.08. The molecule has 0 saturated heterocycles. The van der Waals surface area contributed by atoms with Crippen molar-refractivity contribution in [1.29, 1.82) is 0 Å². The van der Waals surface area contributed by atoms with Crippen molar-refractivity contribution in [3.63, 3.8) is 0 Å². The van der Waals surface area contributed by atoms with E-state index in [0.717, 1.165) is 18.7 Å². The zero-order valence-electron chi connectivity index (χ0n) is 14.1. The van der Waals surface area contributed by atoms with Crippen LogP contribution in [0.5, 0.6) is 0 Å². The lowest BCUT2D eigenvalue weighted by Gasteiger charge is -2.26. The van der Waals surface area contributed by atoms with Crippen LogP contribution in [-0.2, 0) is 6.18 Å². The van der Waals surface area contributed by atoms with E-state index in [9.17, 15) is 18.0 Å². The maximum Gasteiger partial charge on any atom is 0.416 e. The van der Waals surface area contributed by atoms with Crippen LogP contribution in [0.25, 0.3) is 10.9 Å². The van der Waals surface area contributed by atoms with Gasteiger partial charge in [-0.05, 0) is 49.9 Å². The number of benzene rings is 1. The average molecular weight is 350 g/mol. The topological polar surface area (TPSA) is 33.2 Å². The average Bonchev–Trinajstić information content (AvgIpc) is 3.10. The first kappa shape index (κ1) is 17.7. The summed E-state index contributed by atoms with van der Waals surface area (Å²) in [6.45, 7) is 3.54. The lowest BCUT2D eigenvalue weighted by Crippen LogP contribution is -2.30. The van der Waals surface area contributed by atoms with E-state index in [0.29, 0.717) is 41.0 Å². The fourth-order valence-electron chi connectivity index (χ4n) is 3.57. The van der Waals surface area contributed by atoms with Crippen LogP contribution >= 0.6 is 0 Å². The predicted molar refractivity (Wildman–Crippen MR) is 92.0 cm³/mol. The molecule has 0 spiro atoms. The fraction of sp³-hybridized carbons (Fsp3) is 0.474. The standard InChI is InChI=1S/C19H21F3N2O/c1-2-24(11-13-5-3-4-6-13)18-15(12-25)9-14-10-16(19(20,21)22)7-8-17(14)23-18/h7-10,12-13H,2-6,11H2,1H3.